The highest BCUT2D eigenvalue weighted by atomic mass is 35.5. The molecule has 0 N–H and O–H groups in total. The zero-order valence-corrected chi connectivity index (χ0v) is 13.4. The molecular formula is C17H18ClNO4. The van der Waals surface area contributed by atoms with Crippen LogP contribution in [0.2, 0.25) is 5.02 Å². The number of carbonyl (C=O) groups excluding carboxylic acids is 3. The molecule has 2 aliphatic heterocycles. The lowest BCUT2D eigenvalue weighted by molar-refractivity contribution is -0.145. The predicted octanol–water partition coefficient (Wildman–Crippen LogP) is 2.70. The van der Waals surface area contributed by atoms with Crippen molar-refractivity contribution in [3.63, 3.8) is 0 Å². The van der Waals surface area contributed by atoms with Crippen LogP contribution in [0.4, 0.5) is 0 Å². The second-order valence-corrected chi connectivity index (χ2v) is 6.43. The SMILES string of the molecule is O=C(CCC1CC(=O)N2C(=O)CCC12)OCc1ccccc1Cl. The lowest BCUT2D eigenvalue weighted by Gasteiger charge is -2.18. The van der Waals surface area contributed by atoms with Crippen LogP contribution < -0.4 is 0 Å². The van der Waals surface area contributed by atoms with Gasteiger partial charge in [0.05, 0.1) is 0 Å². The third kappa shape index (κ3) is 3.39. The normalized spacial score (nSPS) is 23.3. The Bertz CT molecular complexity index is 645. The molecular weight excluding hydrogens is 318 g/mol. The van der Waals surface area contributed by atoms with Crippen molar-refractivity contribution in [3.8, 4) is 0 Å². The van der Waals surface area contributed by atoms with Gasteiger partial charge >= 0.3 is 5.97 Å². The van der Waals surface area contributed by atoms with Gasteiger partial charge in [0.2, 0.25) is 11.8 Å². The zero-order valence-electron chi connectivity index (χ0n) is 12.7. The summed E-state index contributed by atoms with van der Waals surface area (Å²) in [5, 5.41) is 0.571. The number of amides is 2. The Morgan fingerprint density at radius 2 is 2.04 bits per heavy atom. The van der Waals surface area contributed by atoms with E-state index in [1.165, 1.54) is 4.90 Å². The summed E-state index contributed by atoms with van der Waals surface area (Å²) >= 11 is 6.01. The molecule has 2 fully saturated rings. The molecule has 0 spiro atoms. The molecule has 1 aromatic rings. The number of rotatable bonds is 5. The van der Waals surface area contributed by atoms with Gasteiger partial charge < -0.3 is 4.74 Å². The first-order valence-corrected chi connectivity index (χ1v) is 8.18. The molecule has 0 saturated carbocycles. The molecule has 1 aromatic carbocycles. The number of ether oxygens (including phenoxy) is 1. The summed E-state index contributed by atoms with van der Waals surface area (Å²) in [6.07, 6.45) is 2.32. The van der Waals surface area contributed by atoms with E-state index in [2.05, 4.69) is 0 Å². The Morgan fingerprint density at radius 1 is 1.26 bits per heavy atom. The van der Waals surface area contributed by atoms with Crippen LogP contribution >= 0.6 is 11.6 Å². The number of nitrogens with zero attached hydrogens (tertiary/aromatic N) is 1. The van der Waals surface area contributed by atoms with Crippen LogP contribution in [0, 0.1) is 5.92 Å². The number of benzene rings is 1. The summed E-state index contributed by atoms with van der Waals surface area (Å²) < 4.78 is 5.24. The first-order chi connectivity index (χ1) is 11.1. The monoisotopic (exact) mass is 335 g/mol. The van der Waals surface area contributed by atoms with E-state index in [0.29, 0.717) is 30.7 Å². The largest absolute Gasteiger partial charge is 0.461 e. The van der Waals surface area contributed by atoms with Gasteiger partial charge in [-0.05, 0) is 24.8 Å². The van der Waals surface area contributed by atoms with Crippen LogP contribution in [0.3, 0.4) is 0 Å². The maximum atomic E-state index is 11.9. The van der Waals surface area contributed by atoms with Gasteiger partial charge in [0, 0.05) is 35.9 Å². The maximum Gasteiger partial charge on any atom is 0.306 e. The Labute approximate surface area is 139 Å². The highest BCUT2D eigenvalue weighted by Gasteiger charge is 2.46. The van der Waals surface area contributed by atoms with Crippen LogP contribution in [0.15, 0.2) is 24.3 Å². The third-order valence-electron chi connectivity index (χ3n) is 4.57. The van der Waals surface area contributed by atoms with Gasteiger partial charge in [0.15, 0.2) is 0 Å². The average molecular weight is 336 g/mol. The van der Waals surface area contributed by atoms with Gasteiger partial charge in [0.25, 0.3) is 0 Å². The minimum atomic E-state index is -0.305. The number of imide groups is 1. The first-order valence-electron chi connectivity index (χ1n) is 7.80. The Morgan fingerprint density at radius 3 is 2.83 bits per heavy atom. The van der Waals surface area contributed by atoms with Crippen molar-refractivity contribution in [2.24, 2.45) is 5.92 Å². The summed E-state index contributed by atoms with van der Waals surface area (Å²) in [7, 11) is 0. The standard InChI is InChI=1S/C17H18ClNO4/c18-13-4-2-1-3-12(13)10-23-17(22)8-5-11-9-16(21)19-14(11)6-7-15(19)20/h1-4,11,14H,5-10H2. The topological polar surface area (TPSA) is 63.7 Å². The zero-order chi connectivity index (χ0) is 16.4. The Balaban J connectivity index is 1.47. The number of hydrogen-bond donors (Lipinski definition) is 0. The summed E-state index contributed by atoms with van der Waals surface area (Å²) in [5.74, 6) is -0.419. The molecule has 0 bridgehead atoms. The minimum Gasteiger partial charge on any atom is -0.461 e. The van der Waals surface area contributed by atoms with Crippen molar-refractivity contribution >= 4 is 29.4 Å². The molecule has 23 heavy (non-hydrogen) atoms. The molecule has 2 saturated heterocycles. The van der Waals surface area contributed by atoms with E-state index in [9.17, 15) is 14.4 Å². The molecule has 2 unspecified atom stereocenters. The molecule has 2 aliphatic rings. The Kier molecular flexibility index (Phi) is 4.66. The van der Waals surface area contributed by atoms with Gasteiger partial charge in [-0.15, -0.1) is 0 Å². The molecule has 0 aromatic heterocycles. The second-order valence-electron chi connectivity index (χ2n) is 6.02. The van der Waals surface area contributed by atoms with Crippen LogP contribution in [0.25, 0.3) is 0 Å². The summed E-state index contributed by atoms with van der Waals surface area (Å²) in [5.41, 5.74) is 0.770. The molecule has 6 heteroatoms. The molecule has 2 amide bonds. The van der Waals surface area contributed by atoms with Crippen molar-refractivity contribution in [3.05, 3.63) is 34.9 Å². The number of halogens is 1. The lowest BCUT2D eigenvalue weighted by Crippen LogP contribution is -2.32. The molecule has 2 atom stereocenters. The number of esters is 1. The fraction of sp³-hybridized carbons (Fsp3) is 0.471. The molecule has 122 valence electrons. The Hall–Kier alpha value is -1.88. The number of fused-ring (bicyclic) bond motifs is 1. The van der Waals surface area contributed by atoms with Crippen LogP contribution in [-0.2, 0) is 25.7 Å². The molecule has 0 radical (unpaired) electrons. The van der Waals surface area contributed by atoms with E-state index >= 15 is 0 Å². The van der Waals surface area contributed by atoms with Gasteiger partial charge in [-0.1, -0.05) is 29.8 Å². The van der Waals surface area contributed by atoms with E-state index in [0.717, 1.165) is 5.56 Å². The van der Waals surface area contributed by atoms with E-state index in [1.807, 2.05) is 18.2 Å². The number of carbonyl (C=O) groups is 3. The summed E-state index contributed by atoms with van der Waals surface area (Å²) in [4.78, 5) is 36.8. The minimum absolute atomic E-state index is 0.0219. The van der Waals surface area contributed by atoms with Gasteiger partial charge in [0.1, 0.15) is 6.61 Å². The van der Waals surface area contributed by atoms with Gasteiger partial charge in [-0.3, -0.25) is 19.3 Å². The number of hydrogen-bond acceptors (Lipinski definition) is 4. The highest BCUT2D eigenvalue weighted by Crippen LogP contribution is 2.37. The molecule has 0 aliphatic carbocycles. The third-order valence-corrected chi connectivity index (χ3v) is 4.94. The van der Waals surface area contributed by atoms with Crippen LogP contribution in [0.5, 0.6) is 0 Å². The summed E-state index contributed by atoms with van der Waals surface area (Å²) in [6, 6.07) is 7.20. The van der Waals surface area contributed by atoms with Gasteiger partial charge in [-0.25, -0.2) is 0 Å². The molecule has 3 rings (SSSR count). The fourth-order valence-electron chi connectivity index (χ4n) is 3.38. The van der Waals surface area contributed by atoms with E-state index < -0.39 is 0 Å². The fourth-order valence-corrected chi connectivity index (χ4v) is 3.57. The van der Waals surface area contributed by atoms with Crippen molar-refractivity contribution < 1.29 is 19.1 Å². The smallest absolute Gasteiger partial charge is 0.306 e. The first kappa shape index (κ1) is 16.0. The van der Waals surface area contributed by atoms with Crippen LogP contribution in [-0.4, -0.2) is 28.7 Å². The lowest BCUT2D eigenvalue weighted by atomic mass is 9.93. The van der Waals surface area contributed by atoms with E-state index in [-0.39, 0.29) is 42.8 Å². The van der Waals surface area contributed by atoms with Crippen molar-refractivity contribution in [1.29, 1.82) is 0 Å². The average Bonchev–Trinajstić information content (AvgIpc) is 3.06. The molecule has 2 heterocycles. The van der Waals surface area contributed by atoms with Crippen molar-refractivity contribution in [2.75, 3.05) is 0 Å². The quantitative estimate of drug-likeness (QED) is 0.613. The van der Waals surface area contributed by atoms with Crippen molar-refractivity contribution in [1.82, 2.24) is 4.90 Å². The van der Waals surface area contributed by atoms with Gasteiger partial charge in [-0.2, -0.15) is 0 Å². The van der Waals surface area contributed by atoms with E-state index in [1.54, 1.807) is 6.07 Å². The predicted molar refractivity (Wildman–Crippen MR) is 83.5 cm³/mol. The summed E-state index contributed by atoms with van der Waals surface area (Å²) in [6.45, 7) is 0.149. The van der Waals surface area contributed by atoms with E-state index in [4.69, 9.17) is 16.3 Å². The second kappa shape index (κ2) is 6.71. The maximum absolute atomic E-state index is 11.9. The van der Waals surface area contributed by atoms with Crippen molar-refractivity contribution in [2.45, 2.75) is 44.8 Å². The molecule has 5 nitrogen and oxygen atoms in total. The highest BCUT2D eigenvalue weighted by molar-refractivity contribution is 6.31. The van der Waals surface area contributed by atoms with Crippen LogP contribution in [0.1, 0.15) is 37.7 Å².